The zero-order chi connectivity index (χ0) is 18.5. The molecule has 10 heteroatoms. The quantitative estimate of drug-likeness (QED) is 0.441. The molecule has 4 N–H and O–H groups in total. The topological polar surface area (TPSA) is 146 Å². The number of amides is 2. The van der Waals surface area contributed by atoms with Crippen molar-refractivity contribution in [1.82, 2.24) is 20.7 Å². The van der Waals surface area contributed by atoms with Gasteiger partial charge in [-0.2, -0.15) is 5.10 Å². The average molecular weight is 339 g/mol. The van der Waals surface area contributed by atoms with E-state index in [4.69, 9.17) is 4.74 Å². The van der Waals surface area contributed by atoms with Crippen LogP contribution in [0.15, 0.2) is 14.7 Å². The fraction of sp³-hybridized carbons (Fsp3) is 0.500. The molecule has 1 aromatic heterocycles. The summed E-state index contributed by atoms with van der Waals surface area (Å²) in [5, 5.41) is 5.99. The van der Waals surface area contributed by atoms with Crippen LogP contribution in [0.5, 0.6) is 0 Å². The number of ether oxygens (including phenoxy) is 1. The summed E-state index contributed by atoms with van der Waals surface area (Å²) in [5.74, 6) is -0.601. The van der Waals surface area contributed by atoms with Crippen LogP contribution in [0, 0.1) is 6.92 Å². The first-order valence-corrected chi connectivity index (χ1v) is 7.15. The van der Waals surface area contributed by atoms with Crippen LogP contribution in [-0.2, 0) is 9.53 Å². The lowest BCUT2D eigenvalue weighted by Gasteiger charge is -2.21. The van der Waals surface area contributed by atoms with Crippen LogP contribution in [0.3, 0.4) is 0 Å². The second-order valence-corrected chi connectivity index (χ2v) is 6.05. The minimum absolute atomic E-state index is 0.0997. The second-order valence-electron chi connectivity index (χ2n) is 6.05. The fourth-order valence-corrected chi connectivity index (χ4v) is 1.57. The predicted molar refractivity (Wildman–Crippen MR) is 87.0 cm³/mol. The number of hydrogen-bond acceptors (Lipinski definition) is 6. The Bertz CT molecular complexity index is 756. The van der Waals surface area contributed by atoms with Gasteiger partial charge in [0.2, 0.25) is 0 Å². The minimum Gasteiger partial charge on any atom is -0.444 e. The number of H-pyrrole nitrogens is 2. The normalized spacial score (nSPS) is 12.7. The van der Waals surface area contributed by atoms with Crippen LogP contribution in [0.2, 0.25) is 0 Å². The third-order valence-electron chi connectivity index (χ3n) is 2.67. The first-order chi connectivity index (χ1) is 11.0. The average Bonchev–Trinajstić information content (AvgIpc) is 2.38. The minimum atomic E-state index is -0.896. The molecule has 1 aromatic rings. The van der Waals surface area contributed by atoms with E-state index in [1.54, 1.807) is 20.8 Å². The number of hydrogen-bond donors (Lipinski definition) is 4. The highest BCUT2D eigenvalue weighted by Gasteiger charge is 2.20. The Morgan fingerprint density at radius 1 is 1.25 bits per heavy atom. The predicted octanol–water partition coefficient (Wildman–Crippen LogP) is -0.265. The van der Waals surface area contributed by atoms with Gasteiger partial charge in [-0.05, 0) is 34.6 Å². The molecule has 0 aliphatic carbocycles. The Labute approximate surface area is 137 Å². The Kier molecular flexibility index (Phi) is 6.04. The van der Waals surface area contributed by atoms with Crippen molar-refractivity contribution < 1.29 is 14.3 Å². The van der Waals surface area contributed by atoms with Gasteiger partial charge in [0, 0.05) is 5.69 Å². The van der Waals surface area contributed by atoms with Crippen molar-refractivity contribution >= 4 is 18.2 Å². The molecule has 132 valence electrons. The van der Waals surface area contributed by atoms with Crippen molar-refractivity contribution in [1.29, 1.82) is 0 Å². The second kappa shape index (κ2) is 7.57. The third-order valence-corrected chi connectivity index (χ3v) is 2.67. The highest BCUT2D eigenvalue weighted by molar-refractivity contribution is 5.87. The van der Waals surface area contributed by atoms with Gasteiger partial charge in [0.15, 0.2) is 0 Å². The van der Waals surface area contributed by atoms with E-state index >= 15 is 0 Å². The van der Waals surface area contributed by atoms with Crippen LogP contribution in [0.1, 0.15) is 39.0 Å². The number of aromatic nitrogens is 2. The summed E-state index contributed by atoms with van der Waals surface area (Å²) in [6, 6.07) is -0.896. The van der Waals surface area contributed by atoms with E-state index in [-0.39, 0.29) is 5.56 Å². The van der Waals surface area contributed by atoms with Crippen molar-refractivity contribution in [3.63, 3.8) is 0 Å². The molecular weight excluding hydrogens is 318 g/mol. The van der Waals surface area contributed by atoms with Gasteiger partial charge in [0.1, 0.15) is 11.6 Å². The lowest BCUT2D eigenvalue weighted by Crippen LogP contribution is -2.45. The van der Waals surface area contributed by atoms with Crippen LogP contribution < -0.4 is 22.0 Å². The fourth-order valence-electron chi connectivity index (χ4n) is 1.57. The zero-order valence-corrected chi connectivity index (χ0v) is 14.1. The number of hydrazone groups is 1. The Balaban J connectivity index is 2.64. The molecule has 2 amide bonds. The van der Waals surface area contributed by atoms with Gasteiger partial charge in [-0.1, -0.05) is 0 Å². The summed E-state index contributed by atoms with van der Waals surface area (Å²) in [6.45, 7) is 8.07. The van der Waals surface area contributed by atoms with Crippen LogP contribution >= 0.6 is 0 Å². The molecule has 1 heterocycles. The van der Waals surface area contributed by atoms with Gasteiger partial charge in [-0.15, -0.1) is 0 Å². The van der Waals surface area contributed by atoms with Crippen molar-refractivity contribution in [3.05, 3.63) is 32.1 Å². The molecule has 0 fully saturated rings. The van der Waals surface area contributed by atoms with Gasteiger partial charge >= 0.3 is 11.8 Å². The van der Waals surface area contributed by atoms with E-state index in [1.165, 1.54) is 13.8 Å². The van der Waals surface area contributed by atoms with Crippen LogP contribution in [0.4, 0.5) is 4.79 Å². The zero-order valence-electron chi connectivity index (χ0n) is 14.1. The number of nitrogens with one attached hydrogen (secondary N) is 4. The molecule has 1 atom stereocenters. The van der Waals surface area contributed by atoms with Crippen molar-refractivity contribution in [2.75, 3.05) is 0 Å². The number of aryl methyl sites for hydroxylation is 1. The maximum absolute atomic E-state index is 11.8. The molecule has 24 heavy (non-hydrogen) atoms. The van der Waals surface area contributed by atoms with Crippen molar-refractivity contribution in [2.24, 2.45) is 5.10 Å². The highest BCUT2D eigenvalue weighted by Crippen LogP contribution is 2.06. The lowest BCUT2D eigenvalue weighted by atomic mass is 10.2. The van der Waals surface area contributed by atoms with Crippen molar-refractivity contribution in [2.45, 2.75) is 46.3 Å². The number of alkyl carbamates (subject to hydrolysis) is 1. The summed E-state index contributed by atoms with van der Waals surface area (Å²) >= 11 is 0. The number of rotatable bonds is 4. The third kappa shape index (κ3) is 6.07. The summed E-state index contributed by atoms with van der Waals surface area (Å²) in [4.78, 5) is 50.5. The molecule has 0 radical (unpaired) electrons. The molecule has 0 aliphatic rings. The SMILES string of the molecule is Cc1[nH]c(=O)[nH]c(=O)c1/C=N/NC(=O)C(C)NC(=O)OC(C)(C)C. The molecular formula is C14H21N5O5. The van der Waals surface area contributed by atoms with Gasteiger partial charge < -0.3 is 15.0 Å². The lowest BCUT2D eigenvalue weighted by molar-refractivity contribution is -0.122. The van der Waals surface area contributed by atoms with E-state index in [2.05, 4.69) is 20.8 Å². The number of carbonyl (C=O) groups is 2. The van der Waals surface area contributed by atoms with Gasteiger partial charge in [-0.3, -0.25) is 14.6 Å². The number of aromatic amines is 2. The standard InChI is InChI=1S/C14H21N5O5/c1-7-9(11(21)18-12(22)16-7)6-15-19-10(20)8(2)17-13(23)24-14(3,4)5/h6,8H,1-5H3,(H,17,23)(H,19,20)(H2,16,18,21,22)/b15-6+. The van der Waals surface area contributed by atoms with E-state index < -0.39 is 34.9 Å². The highest BCUT2D eigenvalue weighted by atomic mass is 16.6. The molecule has 0 aromatic carbocycles. The smallest absolute Gasteiger partial charge is 0.408 e. The molecule has 0 spiro atoms. The molecule has 10 nitrogen and oxygen atoms in total. The number of nitrogens with zero attached hydrogens (tertiary/aromatic N) is 1. The monoisotopic (exact) mass is 339 g/mol. The molecule has 0 saturated heterocycles. The van der Waals surface area contributed by atoms with Gasteiger partial charge in [0.25, 0.3) is 11.5 Å². The largest absolute Gasteiger partial charge is 0.444 e. The summed E-state index contributed by atoms with van der Waals surface area (Å²) < 4.78 is 5.03. The molecule has 0 saturated carbocycles. The maximum atomic E-state index is 11.8. The molecule has 0 aliphatic heterocycles. The van der Waals surface area contributed by atoms with E-state index in [0.717, 1.165) is 6.21 Å². The van der Waals surface area contributed by atoms with Crippen LogP contribution in [-0.4, -0.2) is 39.8 Å². The van der Waals surface area contributed by atoms with Crippen LogP contribution in [0.25, 0.3) is 0 Å². The summed E-state index contributed by atoms with van der Waals surface area (Å²) in [5.41, 5.74) is 0.650. The van der Waals surface area contributed by atoms with Gasteiger partial charge in [0.05, 0.1) is 11.8 Å². The van der Waals surface area contributed by atoms with E-state index in [9.17, 15) is 19.2 Å². The molecule has 1 unspecified atom stereocenters. The van der Waals surface area contributed by atoms with E-state index in [0.29, 0.717) is 5.69 Å². The van der Waals surface area contributed by atoms with Crippen molar-refractivity contribution in [3.8, 4) is 0 Å². The van der Waals surface area contributed by atoms with Gasteiger partial charge in [-0.25, -0.2) is 15.0 Å². The number of carbonyl (C=O) groups excluding carboxylic acids is 2. The maximum Gasteiger partial charge on any atom is 0.408 e. The Morgan fingerprint density at radius 2 is 1.88 bits per heavy atom. The summed E-state index contributed by atoms with van der Waals surface area (Å²) in [7, 11) is 0. The Morgan fingerprint density at radius 3 is 2.42 bits per heavy atom. The first kappa shape index (κ1) is 19.1. The summed E-state index contributed by atoms with van der Waals surface area (Å²) in [6.07, 6.45) is 0.365. The Hall–Kier alpha value is -2.91. The van der Waals surface area contributed by atoms with E-state index in [1.807, 2.05) is 4.98 Å². The molecule has 1 rings (SSSR count). The molecule has 0 bridgehead atoms. The first-order valence-electron chi connectivity index (χ1n) is 7.15.